The van der Waals surface area contributed by atoms with Gasteiger partial charge in [0.1, 0.15) is 13.2 Å². The van der Waals surface area contributed by atoms with Gasteiger partial charge in [0, 0.05) is 19.3 Å². The van der Waals surface area contributed by atoms with Gasteiger partial charge in [0.05, 0.1) is 10.7 Å². The van der Waals surface area contributed by atoms with E-state index in [4.69, 9.17) is 9.47 Å². The molecule has 1 N–H and O–H groups in total. The highest BCUT2D eigenvalue weighted by atomic mass is 79.9. The van der Waals surface area contributed by atoms with Gasteiger partial charge >= 0.3 is 0 Å². The topological polar surface area (TPSA) is 61.2 Å². The minimum atomic E-state index is 0.603. The summed E-state index contributed by atoms with van der Waals surface area (Å²) in [7, 11) is 0. The minimum Gasteiger partial charge on any atom is -0.486 e. The highest BCUT2D eigenvalue weighted by Gasteiger charge is 2.15. The van der Waals surface area contributed by atoms with E-state index in [0.29, 0.717) is 13.2 Å². The lowest BCUT2D eigenvalue weighted by Gasteiger charge is -2.20. The predicted octanol–water partition coefficient (Wildman–Crippen LogP) is 1.99. The average Bonchev–Trinajstić information content (AvgIpc) is 3.00. The molecule has 1 aromatic heterocycles. The van der Waals surface area contributed by atoms with E-state index < -0.39 is 0 Å². The molecule has 0 spiro atoms. The first-order valence-electron chi connectivity index (χ1n) is 6.96. The van der Waals surface area contributed by atoms with E-state index >= 15 is 0 Å². The zero-order valence-electron chi connectivity index (χ0n) is 11.6. The van der Waals surface area contributed by atoms with Crippen molar-refractivity contribution >= 4 is 15.9 Å². The molecule has 112 valence electrons. The van der Waals surface area contributed by atoms with Crippen molar-refractivity contribution in [3.05, 3.63) is 34.6 Å². The average molecular weight is 353 g/mol. The zero-order valence-corrected chi connectivity index (χ0v) is 13.2. The summed E-state index contributed by atoms with van der Waals surface area (Å²) in [6, 6.07) is 4.10. The van der Waals surface area contributed by atoms with Crippen LogP contribution in [0.4, 0.5) is 0 Å². The maximum absolute atomic E-state index is 5.62. The quantitative estimate of drug-likeness (QED) is 0.805. The number of benzene rings is 1. The molecule has 0 radical (unpaired) electrons. The monoisotopic (exact) mass is 352 g/mol. The van der Waals surface area contributed by atoms with E-state index in [2.05, 4.69) is 37.6 Å². The molecule has 1 aliphatic rings. The molecule has 2 aromatic rings. The predicted molar refractivity (Wildman–Crippen MR) is 81.5 cm³/mol. The normalized spacial score (nSPS) is 13.4. The fraction of sp³-hybridized carbons (Fsp3) is 0.429. The van der Waals surface area contributed by atoms with E-state index in [1.54, 1.807) is 6.20 Å². The van der Waals surface area contributed by atoms with Crippen LogP contribution in [0.3, 0.4) is 0 Å². The molecule has 0 amide bonds. The molecule has 0 bridgehead atoms. The van der Waals surface area contributed by atoms with Crippen LogP contribution in [0.25, 0.3) is 0 Å². The Morgan fingerprint density at radius 2 is 2.19 bits per heavy atom. The summed E-state index contributed by atoms with van der Waals surface area (Å²) in [6.07, 6.45) is 4.58. The second-order valence-electron chi connectivity index (χ2n) is 4.80. The number of hydrogen-bond donors (Lipinski definition) is 1. The van der Waals surface area contributed by atoms with Crippen molar-refractivity contribution < 1.29 is 9.47 Å². The lowest BCUT2D eigenvalue weighted by atomic mass is 10.2. The van der Waals surface area contributed by atoms with E-state index in [1.165, 1.54) is 5.56 Å². The third-order valence-electron chi connectivity index (χ3n) is 3.20. The summed E-state index contributed by atoms with van der Waals surface area (Å²) in [5.74, 6) is 1.62. The molecule has 2 heterocycles. The van der Waals surface area contributed by atoms with Crippen LogP contribution in [0, 0.1) is 0 Å². The van der Waals surface area contributed by atoms with Crippen LogP contribution >= 0.6 is 15.9 Å². The van der Waals surface area contributed by atoms with Gasteiger partial charge in [-0.25, -0.2) is 0 Å². The van der Waals surface area contributed by atoms with Crippen LogP contribution in [-0.2, 0) is 13.1 Å². The summed E-state index contributed by atoms with van der Waals surface area (Å²) in [4.78, 5) is 0. The van der Waals surface area contributed by atoms with Gasteiger partial charge in [-0.2, -0.15) is 0 Å². The van der Waals surface area contributed by atoms with Crippen molar-refractivity contribution in [3.63, 3.8) is 0 Å². The second kappa shape index (κ2) is 6.91. The number of ether oxygens (including phenoxy) is 2. The Morgan fingerprint density at radius 1 is 1.29 bits per heavy atom. The number of nitrogens with zero attached hydrogens (tertiary/aromatic N) is 3. The Hall–Kier alpha value is -1.60. The number of hydrogen-bond acceptors (Lipinski definition) is 5. The summed E-state index contributed by atoms with van der Waals surface area (Å²) >= 11 is 3.53. The zero-order chi connectivity index (χ0) is 14.5. The molecular formula is C14H17BrN4O2. The standard InChI is InChI=1S/C14H17BrN4O2/c15-12-8-11(9-13-14(12)21-7-6-20-13)10-16-2-1-4-19-5-3-17-18-19/h3,5,8-9,16H,1-2,4,6-7,10H2. The van der Waals surface area contributed by atoms with Gasteiger partial charge in [0.15, 0.2) is 11.5 Å². The maximum Gasteiger partial charge on any atom is 0.175 e. The first-order chi connectivity index (χ1) is 10.3. The molecule has 0 fully saturated rings. The van der Waals surface area contributed by atoms with Crippen molar-refractivity contribution in [2.75, 3.05) is 19.8 Å². The number of fused-ring (bicyclic) bond motifs is 1. The maximum atomic E-state index is 5.62. The SMILES string of the molecule is Brc1cc(CNCCCn2ccnn2)cc2c1OCCO2. The van der Waals surface area contributed by atoms with E-state index in [9.17, 15) is 0 Å². The first kappa shape index (κ1) is 14.3. The second-order valence-corrected chi connectivity index (χ2v) is 5.65. The minimum absolute atomic E-state index is 0.603. The summed E-state index contributed by atoms with van der Waals surface area (Å²) in [5, 5.41) is 11.1. The van der Waals surface area contributed by atoms with Crippen LogP contribution in [-0.4, -0.2) is 34.8 Å². The van der Waals surface area contributed by atoms with Gasteiger partial charge in [-0.05, 0) is 46.6 Å². The van der Waals surface area contributed by atoms with Gasteiger partial charge in [-0.1, -0.05) is 5.21 Å². The number of halogens is 1. The lowest BCUT2D eigenvalue weighted by molar-refractivity contribution is 0.170. The molecular weight excluding hydrogens is 336 g/mol. The van der Waals surface area contributed by atoms with Crippen LogP contribution in [0.15, 0.2) is 29.0 Å². The van der Waals surface area contributed by atoms with Gasteiger partial charge < -0.3 is 14.8 Å². The fourth-order valence-corrected chi connectivity index (χ4v) is 2.82. The Morgan fingerprint density at radius 3 is 3.05 bits per heavy atom. The highest BCUT2D eigenvalue weighted by Crippen LogP contribution is 2.38. The van der Waals surface area contributed by atoms with E-state index in [1.807, 2.05) is 16.9 Å². The van der Waals surface area contributed by atoms with Crippen LogP contribution < -0.4 is 14.8 Å². The molecule has 0 saturated carbocycles. The number of aromatic nitrogens is 3. The molecule has 0 atom stereocenters. The molecule has 0 unspecified atom stereocenters. The number of aryl methyl sites for hydroxylation is 1. The Bertz CT molecular complexity index is 589. The molecule has 1 aromatic carbocycles. The van der Waals surface area contributed by atoms with Crippen molar-refractivity contribution in [3.8, 4) is 11.5 Å². The summed E-state index contributed by atoms with van der Waals surface area (Å²) in [5.41, 5.74) is 1.17. The molecule has 3 rings (SSSR count). The lowest BCUT2D eigenvalue weighted by Crippen LogP contribution is -2.18. The molecule has 21 heavy (non-hydrogen) atoms. The van der Waals surface area contributed by atoms with Crippen molar-refractivity contribution in [2.45, 2.75) is 19.5 Å². The molecule has 0 saturated heterocycles. The van der Waals surface area contributed by atoms with Gasteiger partial charge in [0.25, 0.3) is 0 Å². The molecule has 0 aliphatic carbocycles. The summed E-state index contributed by atoms with van der Waals surface area (Å²) < 4.78 is 14.0. The number of rotatable bonds is 6. The van der Waals surface area contributed by atoms with E-state index in [0.717, 1.165) is 42.0 Å². The molecule has 6 nitrogen and oxygen atoms in total. The Kier molecular flexibility index (Phi) is 4.72. The van der Waals surface area contributed by atoms with Gasteiger partial charge in [-0.15, -0.1) is 5.10 Å². The van der Waals surface area contributed by atoms with Crippen LogP contribution in [0.2, 0.25) is 0 Å². The summed E-state index contributed by atoms with van der Waals surface area (Å²) in [6.45, 7) is 3.80. The molecule has 7 heteroatoms. The Labute approximate surface area is 131 Å². The van der Waals surface area contributed by atoms with Gasteiger partial charge in [0.2, 0.25) is 0 Å². The van der Waals surface area contributed by atoms with Crippen LogP contribution in [0.5, 0.6) is 11.5 Å². The molecule has 1 aliphatic heterocycles. The fourth-order valence-electron chi connectivity index (χ4n) is 2.22. The van der Waals surface area contributed by atoms with E-state index in [-0.39, 0.29) is 0 Å². The largest absolute Gasteiger partial charge is 0.486 e. The van der Waals surface area contributed by atoms with Crippen molar-refractivity contribution in [2.24, 2.45) is 0 Å². The third-order valence-corrected chi connectivity index (χ3v) is 3.79. The number of nitrogens with one attached hydrogen (secondary N) is 1. The van der Waals surface area contributed by atoms with Crippen molar-refractivity contribution in [1.82, 2.24) is 20.3 Å². The van der Waals surface area contributed by atoms with Crippen LogP contribution in [0.1, 0.15) is 12.0 Å². The third kappa shape index (κ3) is 3.74. The Balaban J connectivity index is 1.48. The first-order valence-corrected chi connectivity index (χ1v) is 7.75. The van der Waals surface area contributed by atoms with Gasteiger partial charge in [-0.3, -0.25) is 4.68 Å². The van der Waals surface area contributed by atoms with Crippen molar-refractivity contribution in [1.29, 1.82) is 0 Å². The smallest absolute Gasteiger partial charge is 0.175 e. The highest BCUT2D eigenvalue weighted by molar-refractivity contribution is 9.10.